The third-order valence-electron chi connectivity index (χ3n) is 3.35. The van der Waals surface area contributed by atoms with Gasteiger partial charge in [-0.3, -0.25) is 14.4 Å². The number of nitrogens with one attached hydrogen (secondary N) is 2. The van der Waals surface area contributed by atoms with Gasteiger partial charge in [0, 0.05) is 22.8 Å². The Bertz CT molecular complexity index is 790. The molecule has 2 aromatic rings. The molecule has 0 atom stereocenters. The van der Waals surface area contributed by atoms with Crippen LogP contribution in [0.15, 0.2) is 48.5 Å². The lowest BCUT2D eigenvalue weighted by atomic mass is 10.2. The minimum Gasteiger partial charge on any atom is -0.456 e. The van der Waals surface area contributed by atoms with Gasteiger partial charge in [0.2, 0.25) is 5.91 Å². The van der Waals surface area contributed by atoms with Gasteiger partial charge < -0.3 is 15.4 Å². The van der Waals surface area contributed by atoms with Crippen LogP contribution in [-0.4, -0.2) is 24.4 Å². The summed E-state index contributed by atoms with van der Waals surface area (Å²) in [6.07, 6.45) is -0.155. The van der Waals surface area contributed by atoms with E-state index in [4.69, 9.17) is 16.3 Å². The molecule has 0 heterocycles. The minimum absolute atomic E-state index is 0.0407. The third-order valence-corrected chi connectivity index (χ3v) is 3.60. The van der Waals surface area contributed by atoms with E-state index in [0.29, 0.717) is 16.4 Å². The molecule has 0 aliphatic rings. The number of hydrogen-bond acceptors (Lipinski definition) is 4. The summed E-state index contributed by atoms with van der Waals surface area (Å²) in [5, 5.41) is 5.84. The van der Waals surface area contributed by atoms with Crippen LogP contribution in [0, 0.1) is 6.92 Å². The maximum Gasteiger partial charge on any atom is 0.306 e. The van der Waals surface area contributed by atoms with Gasteiger partial charge in [-0.15, -0.1) is 0 Å². The topological polar surface area (TPSA) is 84.5 Å². The lowest BCUT2D eigenvalue weighted by molar-refractivity contribution is -0.147. The second kappa shape index (κ2) is 9.58. The Kier molecular flexibility index (Phi) is 7.17. The maximum atomic E-state index is 11.8. The zero-order valence-electron chi connectivity index (χ0n) is 14.3. The fourth-order valence-electron chi connectivity index (χ4n) is 2.11. The van der Waals surface area contributed by atoms with E-state index < -0.39 is 18.5 Å². The number of benzene rings is 2. The Balaban J connectivity index is 1.67. The fraction of sp³-hybridized carbons (Fsp3) is 0.211. The molecule has 0 aliphatic heterocycles. The lowest BCUT2D eigenvalue weighted by Gasteiger charge is -2.08. The van der Waals surface area contributed by atoms with Gasteiger partial charge in [-0.1, -0.05) is 23.7 Å². The predicted octanol–water partition coefficient (Wildman–Crippen LogP) is 3.55. The molecule has 2 rings (SSSR count). The second-order valence-electron chi connectivity index (χ2n) is 5.63. The highest BCUT2D eigenvalue weighted by atomic mass is 35.5. The number of ether oxygens (including phenoxy) is 1. The summed E-state index contributed by atoms with van der Waals surface area (Å²) in [6, 6.07) is 13.9. The van der Waals surface area contributed by atoms with Crippen molar-refractivity contribution in [1.82, 2.24) is 0 Å². The molecule has 2 amide bonds. The number of carbonyl (C=O) groups excluding carboxylic acids is 3. The third kappa shape index (κ3) is 6.94. The van der Waals surface area contributed by atoms with E-state index in [0.717, 1.165) is 5.56 Å². The smallest absolute Gasteiger partial charge is 0.306 e. The molecule has 0 bridgehead atoms. The molecule has 7 heteroatoms. The molecule has 0 spiro atoms. The fourth-order valence-corrected chi connectivity index (χ4v) is 2.24. The summed E-state index contributed by atoms with van der Waals surface area (Å²) in [6.45, 7) is 1.51. The number of halogens is 1. The van der Waals surface area contributed by atoms with Gasteiger partial charge >= 0.3 is 5.97 Å². The van der Waals surface area contributed by atoms with Crippen molar-refractivity contribution in [2.24, 2.45) is 0 Å². The molecule has 2 N–H and O–H groups in total. The van der Waals surface area contributed by atoms with E-state index in [-0.39, 0.29) is 18.7 Å². The Hall–Kier alpha value is -2.86. The van der Waals surface area contributed by atoms with Crippen LogP contribution in [0.3, 0.4) is 0 Å². The summed E-state index contributed by atoms with van der Waals surface area (Å²) >= 11 is 5.76. The van der Waals surface area contributed by atoms with Crippen molar-refractivity contribution in [1.29, 1.82) is 0 Å². The number of anilines is 2. The van der Waals surface area contributed by atoms with Crippen LogP contribution in [-0.2, 0) is 19.1 Å². The minimum atomic E-state index is -0.615. The molecule has 26 heavy (non-hydrogen) atoms. The van der Waals surface area contributed by atoms with Crippen LogP contribution in [0.4, 0.5) is 11.4 Å². The standard InChI is InChI=1S/C19H19ClN2O4/c1-13-3-2-4-16(11-13)22-18(24)12-26-19(25)10-9-17(23)21-15-7-5-14(20)6-8-15/h2-8,11H,9-10,12H2,1H3,(H,21,23)(H,22,24). The summed E-state index contributed by atoms with van der Waals surface area (Å²) in [5.74, 6) is -1.38. The molecule has 2 aromatic carbocycles. The highest BCUT2D eigenvalue weighted by Crippen LogP contribution is 2.14. The van der Waals surface area contributed by atoms with Gasteiger partial charge in [0.05, 0.1) is 6.42 Å². The van der Waals surface area contributed by atoms with E-state index in [9.17, 15) is 14.4 Å². The van der Waals surface area contributed by atoms with Crippen LogP contribution in [0.5, 0.6) is 0 Å². The molecule has 0 radical (unpaired) electrons. The highest BCUT2D eigenvalue weighted by molar-refractivity contribution is 6.30. The molecule has 0 saturated heterocycles. The molecular weight excluding hydrogens is 356 g/mol. The van der Waals surface area contributed by atoms with E-state index in [1.807, 2.05) is 19.1 Å². The van der Waals surface area contributed by atoms with E-state index in [1.165, 1.54) is 0 Å². The van der Waals surface area contributed by atoms with E-state index >= 15 is 0 Å². The molecule has 6 nitrogen and oxygen atoms in total. The summed E-state index contributed by atoms with van der Waals surface area (Å²) < 4.78 is 4.87. The van der Waals surface area contributed by atoms with Gasteiger partial charge in [0.1, 0.15) is 0 Å². The molecule has 0 aromatic heterocycles. The van der Waals surface area contributed by atoms with Gasteiger partial charge in [0.25, 0.3) is 5.91 Å². The Morgan fingerprint density at radius 2 is 1.62 bits per heavy atom. The Morgan fingerprint density at radius 3 is 2.31 bits per heavy atom. The van der Waals surface area contributed by atoms with Gasteiger partial charge in [-0.25, -0.2) is 0 Å². The number of amides is 2. The number of hydrogen-bond donors (Lipinski definition) is 2. The predicted molar refractivity (Wildman–Crippen MR) is 100 cm³/mol. The van der Waals surface area contributed by atoms with Crippen LogP contribution in [0.25, 0.3) is 0 Å². The second-order valence-corrected chi connectivity index (χ2v) is 6.07. The molecule has 0 fully saturated rings. The van der Waals surface area contributed by atoms with Crippen molar-refractivity contribution in [3.8, 4) is 0 Å². The van der Waals surface area contributed by atoms with Crippen LogP contribution < -0.4 is 10.6 Å². The van der Waals surface area contributed by atoms with Crippen molar-refractivity contribution in [3.63, 3.8) is 0 Å². The van der Waals surface area contributed by atoms with Crippen LogP contribution in [0.2, 0.25) is 5.02 Å². The SMILES string of the molecule is Cc1cccc(NC(=O)COC(=O)CCC(=O)Nc2ccc(Cl)cc2)c1. The first-order valence-electron chi connectivity index (χ1n) is 8.00. The molecule has 136 valence electrons. The van der Waals surface area contributed by atoms with Crippen molar-refractivity contribution in [2.45, 2.75) is 19.8 Å². The van der Waals surface area contributed by atoms with Crippen molar-refractivity contribution in [2.75, 3.05) is 17.2 Å². The van der Waals surface area contributed by atoms with Gasteiger partial charge in [-0.05, 0) is 48.9 Å². The van der Waals surface area contributed by atoms with Crippen molar-refractivity contribution < 1.29 is 19.1 Å². The summed E-state index contributed by atoms with van der Waals surface area (Å²) in [4.78, 5) is 35.2. The average Bonchev–Trinajstić information content (AvgIpc) is 2.60. The molecular formula is C19H19ClN2O4. The zero-order chi connectivity index (χ0) is 18.9. The number of rotatable bonds is 7. The zero-order valence-corrected chi connectivity index (χ0v) is 15.0. The largest absolute Gasteiger partial charge is 0.456 e. The number of carbonyl (C=O) groups is 3. The molecule has 0 saturated carbocycles. The summed E-state index contributed by atoms with van der Waals surface area (Å²) in [7, 11) is 0. The lowest BCUT2D eigenvalue weighted by Crippen LogP contribution is -2.21. The average molecular weight is 375 g/mol. The van der Waals surface area contributed by atoms with Crippen LogP contribution >= 0.6 is 11.6 Å². The van der Waals surface area contributed by atoms with Gasteiger partial charge in [-0.2, -0.15) is 0 Å². The normalized spacial score (nSPS) is 10.1. The van der Waals surface area contributed by atoms with Crippen LogP contribution in [0.1, 0.15) is 18.4 Å². The van der Waals surface area contributed by atoms with Crippen molar-refractivity contribution in [3.05, 3.63) is 59.1 Å². The number of esters is 1. The Labute approximate surface area is 156 Å². The maximum absolute atomic E-state index is 11.8. The first kappa shape index (κ1) is 19.5. The molecule has 0 aliphatic carbocycles. The highest BCUT2D eigenvalue weighted by Gasteiger charge is 2.11. The van der Waals surface area contributed by atoms with E-state index in [2.05, 4.69) is 10.6 Å². The van der Waals surface area contributed by atoms with Gasteiger partial charge in [0.15, 0.2) is 6.61 Å². The van der Waals surface area contributed by atoms with Crippen molar-refractivity contribution >= 4 is 40.8 Å². The first-order chi connectivity index (χ1) is 12.4. The first-order valence-corrected chi connectivity index (χ1v) is 8.38. The monoisotopic (exact) mass is 374 g/mol. The molecule has 0 unspecified atom stereocenters. The van der Waals surface area contributed by atoms with E-state index in [1.54, 1.807) is 36.4 Å². The summed E-state index contributed by atoms with van der Waals surface area (Å²) in [5.41, 5.74) is 2.23. The number of aryl methyl sites for hydroxylation is 1. The Morgan fingerprint density at radius 1 is 0.923 bits per heavy atom. The quantitative estimate of drug-likeness (QED) is 0.726.